The molecule has 1 aliphatic heterocycles. The third-order valence-corrected chi connectivity index (χ3v) is 5.27. The minimum Gasteiger partial charge on any atom is -0.465 e. The van der Waals surface area contributed by atoms with Gasteiger partial charge in [0.1, 0.15) is 0 Å². The van der Waals surface area contributed by atoms with E-state index in [0.717, 1.165) is 28.1 Å². The van der Waals surface area contributed by atoms with Crippen LogP contribution in [0.25, 0.3) is 10.2 Å². The number of hydrogen-bond acceptors (Lipinski definition) is 4. The number of piperidine rings is 1. The average Bonchev–Trinajstić information content (AvgIpc) is 2.82. The predicted molar refractivity (Wildman–Crippen MR) is 79.1 cm³/mol. The number of benzene rings is 1. The molecule has 0 bridgehead atoms. The zero-order chi connectivity index (χ0) is 13.4. The van der Waals surface area contributed by atoms with Crippen LogP contribution in [0.1, 0.15) is 23.8 Å². The molecule has 6 heteroatoms. The summed E-state index contributed by atoms with van der Waals surface area (Å²) in [4.78, 5) is 17.2. The van der Waals surface area contributed by atoms with Crippen LogP contribution in [0.15, 0.2) is 24.3 Å². The lowest BCUT2D eigenvalue weighted by Crippen LogP contribution is -2.43. The number of hydrogen-bond donors (Lipinski definition) is 2. The van der Waals surface area contributed by atoms with Crippen molar-refractivity contribution in [2.24, 2.45) is 0 Å². The summed E-state index contributed by atoms with van der Waals surface area (Å²) in [6.07, 6.45) is 0.910. The minimum atomic E-state index is -0.897. The molecule has 0 aliphatic carbocycles. The summed E-state index contributed by atoms with van der Waals surface area (Å²) in [6.45, 7) is 0.560. The second-order valence-corrected chi connectivity index (χ2v) is 6.25. The second kappa shape index (κ2) is 5.02. The van der Waals surface area contributed by atoms with Gasteiger partial charge in [0, 0.05) is 12.5 Å². The number of aromatic nitrogens is 1. The maximum atomic E-state index is 11.2. The Balaban J connectivity index is 1.94. The number of rotatable bonds is 1. The molecular weight excluding hydrogens is 280 g/mol. The summed E-state index contributed by atoms with van der Waals surface area (Å²) in [5.74, 6) is 0.0885. The molecule has 4 nitrogen and oxygen atoms in total. The Morgan fingerprint density at radius 1 is 1.47 bits per heavy atom. The van der Waals surface area contributed by atoms with Crippen molar-refractivity contribution in [2.75, 3.05) is 6.54 Å². The largest absolute Gasteiger partial charge is 0.465 e. The Morgan fingerprint density at radius 3 is 3.00 bits per heavy atom. The molecule has 1 N–H and O–H groups in total. The first-order valence-electron chi connectivity index (χ1n) is 6.20. The van der Waals surface area contributed by atoms with Crippen molar-refractivity contribution in [1.82, 2.24) is 9.88 Å². The maximum Gasteiger partial charge on any atom is 0.408 e. The third-order valence-electron chi connectivity index (χ3n) is 3.47. The molecule has 19 heavy (non-hydrogen) atoms. The van der Waals surface area contributed by atoms with E-state index in [4.69, 9.17) is 0 Å². The van der Waals surface area contributed by atoms with E-state index in [0.29, 0.717) is 6.54 Å². The number of fused-ring (bicyclic) bond motifs is 1. The fourth-order valence-electron chi connectivity index (χ4n) is 2.49. The van der Waals surface area contributed by atoms with Gasteiger partial charge in [-0.15, -0.1) is 11.3 Å². The molecule has 1 amide bonds. The Bertz CT molecular complexity index is 580. The Hall–Kier alpha value is -1.27. The molecule has 2 unspecified atom stereocenters. The fourth-order valence-corrected chi connectivity index (χ4v) is 4.23. The van der Waals surface area contributed by atoms with E-state index in [1.807, 2.05) is 24.3 Å². The zero-order valence-corrected chi connectivity index (χ0v) is 11.9. The first-order valence-corrected chi connectivity index (χ1v) is 7.53. The molecule has 3 rings (SSSR count). The van der Waals surface area contributed by atoms with Gasteiger partial charge in [0.15, 0.2) is 0 Å². The van der Waals surface area contributed by atoms with E-state index in [1.54, 1.807) is 11.3 Å². The fraction of sp³-hybridized carbons (Fsp3) is 0.385. The molecule has 2 aromatic rings. The van der Waals surface area contributed by atoms with Crippen molar-refractivity contribution >= 4 is 40.3 Å². The van der Waals surface area contributed by atoms with Crippen molar-refractivity contribution in [3.63, 3.8) is 0 Å². The highest BCUT2D eigenvalue weighted by molar-refractivity contribution is 7.81. The van der Waals surface area contributed by atoms with Gasteiger partial charge >= 0.3 is 6.09 Å². The average molecular weight is 294 g/mol. The highest BCUT2D eigenvalue weighted by Gasteiger charge is 2.34. The van der Waals surface area contributed by atoms with E-state index in [-0.39, 0.29) is 11.3 Å². The number of carbonyl (C=O) groups is 1. The van der Waals surface area contributed by atoms with E-state index < -0.39 is 6.09 Å². The molecule has 2 atom stereocenters. The molecule has 0 radical (unpaired) electrons. The van der Waals surface area contributed by atoms with Crippen LogP contribution in [-0.4, -0.2) is 33.0 Å². The summed E-state index contributed by atoms with van der Waals surface area (Å²) in [5, 5.41) is 9.87. The Morgan fingerprint density at radius 2 is 2.26 bits per heavy atom. The van der Waals surface area contributed by atoms with Gasteiger partial charge in [-0.3, -0.25) is 4.90 Å². The lowest BCUT2D eigenvalue weighted by molar-refractivity contribution is 0.123. The monoisotopic (exact) mass is 294 g/mol. The van der Waals surface area contributed by atoms with Gasteiger partial charge < -0.3 is 5.11 Å². The van der Waals surface area contributed by atoms with Crippen LogP contribution in [0.5, 0.6) is 0 Å². The van der Waals surface area contributed by atoms with Gasteiger partial charge in [0.25, 0.3) is 0 Å². The number of thiol groups is 1. The number of thiazole rings is 1. The Kier molecular flexibility index (Phi) is 3.36. The normalized spacial score (nSPS) is 23.7. The van der Waals surface area contributed by atoms with Crippen LogP contribution < -0.4 is 0 Å². The molecule has 1 aromatic heterocycles. The van der Waals surface area contributed by atoms with Crippen molar-refractivity contribution < 1.29 is 9.90 Å². The molecule has 2 heterocycles. The number of nitrogens with zero attached hydrogens (tertiary/aromatic N) is 2. The standard InChI is InChI=1S/C13H14N2O2S2/c16-13(17)15-7-3-4-8(12(15)18)11-14-9-5-1-2-6-10(9)19-11/h1-2,5-6,8,12,18H,3-4,7H2,(H,16,17). The van der Waals surface area contributed by atoms with Crippen molar-refractivity contribution in [3.8, 4) is 0 Å². The summed E-state index contributed by atoms with van der Waals surface area (Å²) in [6, 6.07) is 7.99. The minimum absolute atomic E-state index is 0.0885. The summed E-state index contributed by atoms with van der Waals surface area (Å²) in [7, 11) is 0. The molecule has 1 saturated heterocycles. The van der Waals surface area contributed by atoms with Crippen LogP contribution in [0.2, 0.25) is 0 Å². The van der Waals surface area contributed by atoms with Gasteiger partial charge in [-0.1, -0.05) is 12.1 Å². The van der Waals surface area contributed by atoms with Crippen molar-refractivity contribution in [2.45, 2.75) is 24.1 Å². The quantitative estimate of drug-likeness (QED) is 0.793. The van der Waals surface area contributed by atoms with E-state index in [1.165, 1.54) is 4.90 Å². The molecule has 0 spiro atoms. The van der Waals surface area contributed by atoms with Crippen LogP contribution in [-0.2, 0) is 0 Å². The number of para-hydroxylation sites is 1. The molecule has 0 saturated carbocycles. The van der Waals surface area contributed by atoms with Crippen LogP contribution >= 0.6 is 24.0 Å². The van der Waals surface area contributed by atoms with Gasteiger partial charge in [-0.05, 0) is 25.0 Å². The van der Waals surface area contributed by atoms with Crippen LogP contribution in [0.4, 0.5) is 4.79 Å². The lowest BCUT2D eigenvalue weighted by atomic mass is 9.98. The summed E-state index contributed by atoms with van der Waals surface area (Å²) in [5.41, 5.74) is 0.982. The third kappa shape index (κ3) is 2.30. The lowest BCUT2D eigenvalue weighted by Gasteiger charge is -2.35. The van der Waals surface area contributed by atoms with Crippen LogP contribution in [0, 0.1) is 0 Å². The highest BCUT2D eigenvalue weighted by Crippen LogP contribution is 2.38. The first kappa shape index (κ1) is 12.7. The maximum absolute atomic E-state index is 11.2. The van der Waals surface area contributed by atoms with Crippen molar-refractivity contribution in [1.29, 1.82) is 0 Å². The molecule has 100 valence electrons. The number of likely N-dealkylation sites (tertiary alicyclic amines) is 1. The highest BCUT2D eigenvalue weighted by atomic mass is 32.1. The van der Waals surface area contributed by atoms with Gasteiger partial charge in [0.05, 0.1) is 20.6 Å². The first-order chi connectivity index (χ1) is 9.16. The predicted octanol–water partition coefficient (Wildman–Crippen LogP) is 3.41. The smallest absolute Gasteiger partial charge is 0.408 e. The zero-order valence-electron chi connectivity index (χ0n) is 10.2. The summed E-state index contributed by atoms with van der Waals surface area (Å²) >= 11 is 6.14. The summed E-state index contributed by atoms with van der Waals surface area (Å²) < 4.78 is 1.14. The SMILES string of the molecule is O=C(O)N1CCCC(c2nc3ccccc3s2)C1S. The van der Waals surface area contributed by atoms with Crippen molar-refractivity contribution in [3.05, 3.63) is 29.3 Å². The molecular formula is C13H14N2O2S2. The molecule has 1 aromatic carbocycles. The molecule has 1 fully saturated rings. The van der Waals surface area contributed by atoms with Gasteiger partial charge in [-0.2, -0.15) is 12.6 Å². The van der Waals surface area contributed by atoms with E-state index >= 15 is 0 Å². The number of carboxylic acid groups (broad SMARTS) is 1. The molecule has 1 aliphatic rings. The van der Waals surface area contributed by atoms with Gasteiger partial charge in [-0.25, -0.2) is 9.78 Å². The van der Waals surface area contributed by atoms with E-state index in [2.05, 4.69) is 17.6 Å². The topological polar surface area (TPSA) is 53.4 Å². The van der Waals surface area contributed by atoms with Gasteiger partial charge in [0.2, 0.25) is 0 Å². The van der Waals surface area contributed by atoms with Crippen LogP contribution in [0.3, 0.4) is 0 Å². The van der Waals surface area contributed by atoms with E-state index in [9.17, 15) is 9.90 Å². The Labute approximate surface area is 120 Å². The second-order valence-electron chi connectivity index (χ2n) is 4.66. The number of amides is 1.